The monoisotopic (exact) mass is 416 g/mol. The van der Waals surface area contributed by atoms with Gasteiger partial charge in [-0.05, 0) is 31.2 Å². The molecule has 0 saturated heterocycles. The third-order valence-electron chi connectivity index (χ3n) is 5.42. The molecule has 9 heteroatoms. The molecule has 0 N–H and O–H groups in total. The van der Waals surface area contributed by atoms with Crippen molar-refractivity contribution >= 4 is 28.5 Å². The summed E-state index contributed by atoms with van der Waals surface area (Å²) in [5.41, 5.74) is 1.71. The van der Waals surface area contributed by atoms with Crippen LogP contribution in [0.4, 0.5) is 10.1 Å². The number of carbonyl (C=O) groups excluding carboxylic acids is 2. The first kappa shape index (κ1) is 17.6. The van der Waals surface area contributed by atoms with E-state index in [2.05, 4.69) is 10.1 Å². The van der Waals surface area contributed by atoms with Gasteiger partial charge in [-0.3, -0.25) is 9.59 Å². The van der Waals surface area contributed by atoms with E-state index < -0.39 is 17.6 Å². The minimum absolute atomic E-state index is 0.0832. The van der Waals surface area contributed by atoms with Gasteiger partial charge in [0.1, 0.15) is 11.5 Å². The molecule has 2 aliphatic heterocycles. The SMILES string of the molecule is Cc1nn(-c2ccccc2F)c2ncc3c(c12)C(=O)N(c1ccc2c(c1)OCO2)C3=O. The van der Waals surface area contributed by atoms with Crippen molar-refractivity contribution in [1.82, 2.24) is 14.8 Å². The number of aromatic nitrogens is 3. The summed E-state index contributed by atoms with van der Waals surface area (Å²) in [6, 6.07) is 11.0. The second-order valence-electron chi connectivity index (χ2n) is 7.18. The smallest absolute Gasteiger partial charge is 0.267 e. The Morgan fingerprint density at radius 3 is 2.68 bits per heavy atom. The first-order chi connectivity index (χ1) is 15.0. The van der Waals surface area contributed by atoms with Crippen LogP contribution in [-0.4, -0.2) is 33.4 Å². The van der Waals surface area contributed by atoms with Gasteiger partial charge in [0, 0.05) is 12.3 Å². The number of nitrogens with zero attached hydrogens (tertiary/aromatic N) is 4. The number of pyridine rings is 1. The first-order valence-corrected chi connectivity index (χ1v) is 9.46. The summed E-state index contributed by atoms with van der Waals surface area (Å²) in [6.07, 6.45) is 1.34. The fraction of sp³-hybridized carbons (Fsp3) is 0.0909. The van der Waals surface area contributed by atoms with Gasteiger partial charge in [-0.25, -0.2) is 19.0 Å². The van der Waals surface area contributed by atoms with Crippen LogP contribution in [0.3, 0.4) is 0 Å². The molecule has 0 unspecified atom stereocenters. The Kier molecular flexibility index (Phi) is 3.47. The maximum absolute atomic E-state index is 14.4. The highest BCUT2D eigenvalue weighted by Crippen LogP contribution is 2.39. The number of anilines is 1. The minimum Gasteiger partial charge on any atom is -0.454 e. The molecule has 0 fully saturated rings. The maximum Gasteiger partial charge on any atom is 0.267 e. The lowest BCUT2D eigenvalue weighted by molar-refractivity contribution is 0.0926. The normalized spacial score (nSPS) is 14.6. The topological polar surface area (TPSA) is 86.6 Å². The second kappa shape index (κ2) is 6.11. The maximum atomic E-state index is 14.4. The van der Waals surface area contributed by atoms with Crippen LogP contribution in [-0.2, 0) is 0 Å². The standard InChI is InChI=1S/C22H13FN4O4/c1-11-18-19-13(9-24-20(18)27(25-11)15-5-3-2-4-14(15)23)21(28)26(22(19)29)12-6-7-16-17(8-12)31-10-30-16/h2-9H,10H2,1H3. The molecule has 0 aliphatic carbocycles. The first-order valence-electron chi connectivity index (χ1n) is 9.46. The van der Waals surface area contributed by atoms with E-state index in [1.54, 1.807) is 43.3 Å². The van der Waals surface area contributed by atoms with Crippen LogP contribution in [0.5, 0.6) is 11.5 Å². The Morgan fingerprint density at radius 2 is 1.84 bits per heavy atom. The molecule has 2 aliphatic rings. The number of para-hydroxylation sites is 1. The predicted octanol–water partition coefficient (Wildman–Crippen LogP) is 3.40. The summed E-state index contributed by atoms with van der Waals surface area (Å²) in [5.74, 6) is -0.459. The average molecular weight is 416 g/mol. The Balaban J connectivity index is 1.53. The quantitative estimate of drug-likeness (QED) is 0.466. The van der Waals surface area contributed by atoms with E-state index in [1.165, 1.54) is 16.9 Å². The van der Waals surface area contributed by atoms with Crippen LogP contribution in [0.2, 0.25) is 0 Å². The van der Waals surface area contributed by atoms with Gasteiger partial charge in [0.2, 0.25) is 6.79 Å². The Bertz CT molecular complexity index is 1450. The Hall–Kier alpha value is -4.27. The summed E-state index contributed by atoms with van der Waals surface area (Å²) >= 11 is 0. The van der Waals surface area contributed by atoms with Gasteiger partial charge in [0.05, 0.1) is 27.9 Å². The number of fused-ring (bicyclic) bond motifs is 4. The fourth-order valence-corrected chi connectivity index (χ4v) is 4.01. The number of hydrogen-bond acceptors (Lipinski definition) is 6. The fourth-order valence-electron chi connectivity index (χ4n) is 4.01. The number of hydrogen-bond donors (Lipinski definition) is 0. The molecule has 6 rings (SSSR count). The van der Waals surface area contributed by atoms with Crippen LogP contribution >= 0.6 is 0 Å². The summed E-state index contributed by atoms with van der Waals surface area (Å²) in [5, 5.41) is 4.82. The number of carbonyl (C=O) groups is 2. The van der Waals surface area contributed by atoms with E-state index in [9.17, 15) is 14.0 Å². The van der Waals surface area contributed by atoms with Gasteiger partial charge in [0.25, 0.3) is 11.8 Å². The summed E-state index contributed by atoms with van der Waals surface area (Å²) in [6.45, 7) is 1.78. The van der Waals surface area contributed by atoms with Crippen LogP contribution in [0.1, 0.15) is 26.4 Å². The van der Waals surface area contributed by atoms with E-state index >= 15 is 0 Å². The lowest BCUT2D eigenvalue weighted by atomic mass is 10.1. The van der Waals surface area contributed by atoms with Crippen LogP contribution in [0, 0.1) is 12.7 Å². The van der Waals surface area contributed by atoms with Gasteiger partial charge in [-0.1, -0.05) is 12.1 Å². The van der Waals surface area contributed by atoms with Crippen molar-refractivity contribution in [2.24, 2.45) is 0 Å². The molecule has 0 saturated carbocycles. The summed E-state index contributed by atoms with van der Waals surface area (Å²) in [7, 11) is 0. The van der Waals surface area contributed by atoms with E-state index in [-0.39, 0.29) is 23.6 Å². The van der Waals surface area contributed by atoms with Crippen molar-refractivity contribution in [2.45, 2.75) is 6.92 Å². The highest BCUT2D eigenvalue weighted by Gasteiger charge is 2.40. The number of halogens is 1. The van der Waals surface area contributed by atoms with Gasteiger partial charge in [-0.2, -0.15) is 5.10 Å². The van der Waals surface area contributed by atoms with Crippen LogP contribution < -0.4 is 14.4 Å². The molecule has 2 aromatic carbocycles. The average Bonchev–Trinajstić information content (AvgIpc) is 3.43. The molecule has 0 radical (unpaired) electrons. The second-order valence-corrected chi connectivity index (χ2v) is 7.18. The zero-order chi connectivity index (χ0) is 21.3. The molecular formula is C22H13FN4O4. The molecule has 0 bridgehead atoms. The third-order valence-corrected chi connectivity index (χ3v) is 5.42. The highest BCUT2D eigenvalue weighted by atomic mass is 19.1. The zero-order valence-electron chi connectivity index (χ0n) is 16.1. The van der Waals surface area contributed by atoms with E-state index in [1.807, 2.05) is 0 Å². The largest absolute Gasteiger partial charge is 0.454 e. The highest BCUT2D eigenvalue weighted by molar-refractivity contribution is 6.37. The van der Waals surface area contributed by atoms with Crippen molar-refractivity contribution in [3.05, 3.63) is 71.3 Å². The zero-order valence-corrected chi connectivity index (χ0v) is 16.1. The molecular weight excluding hydrogens is 403 g/mol. The Labute approximate surface area is 174 Å². The van der Waals surface area contributed by atoms with Gasteiger partial charge in [0.15, 0.2) is 17.1 Å². The Morgan fingerprint density at radius 1 is 1.03 bits per heavy atom. The number of rotatable bonds is 2. The van der Waals surface area contributed by atoms with E-state index in [0.29, 0.717) is 33.9 Å². The van der Waals surface area contributed by atoms with Gasteiger partial charge < -0.3 is 9.47 Å². The van der Waals surface area contributed by atoms with Crippen molar-refractivity contribution < 1.29 is 23.5 Å². The number of ether oxygens (including phenoxy) is 2. The number of benzene rings is 2. The van der Waals surface area contributed by atoms with Gasteiger partial charge in [-0.15, -0.1) is 0 Å². The summed E-state index contributed by atoms with van der Waals surface area (Å²) in [4.78, 5) is 31.9. The molecule has 8 nitrogen and oxygen atoms in total. The van der Waals surface area contributed by atoms with Crippen molar-refractivity contribution in [2.75, 3.05) is 11.7 Å². The molecule has 0 atom stereocenters. The van der Waals surface area contributed by atoms with E-state index in [4.69, 9.17) is 9.47 Å². The lowest BCUT2D eigenvalue weighted by Gasteiger charge is -2.14. The van der Waals surface area contributed by atoms with Gasteiger partial charge >= 0.3 is 0 Å². The lowest BCUT2D eigenvalue weighted by Crippen LogP contribution is -2.29. The number of aryl methyl sites for hydroxylation is 1. The molecule has 2 amide bonds. The molecule has 4 heterocycles. The number of imide groups is 1. The molecule has 152 valence electrons. The van der Waals surface area contributed by atoms with Crippen molar-refractivity contribution in [3.8, 4) is 17.2 Å². The molecule has 0 spiro atoms. The molecule has 4 aromatic rings. The molecule has 2 aromatic heterocycles. The third kappa shape index (κ3) is 2.34. The molecule has 31 heavy (non-hydrogen) atoms. The van der Waals surface area contributed by atoms with Crippen molar-refractivity contribution in [3.63, 3.8) is 0 Å². The van der Waals surface area contributed by atoms with Crippen LogP contribution in [0.25, 0.3) is 16.7 Å². The van der Waals surface area contributed by atoms with E-state index in [0.717, 1.165) is 4.90 Å². The van der Waals surface area contributed by atoms with Crippen LogP contribution in [0.15, 0.2) is 48.7 Å². The predicted molar refractivity (Wildman–Crippen MR) is 107 cm³/mol. The summed E-state index contributed by atoms with van der Waals surface area (Å²) < 4.78 is 26.4. The van der Waals surface area contributed by atoms with Crippen molar-refractivity contribution in [1.29, 1.82) is 0 Å². The number of amides is 2. The minimum atomic E-state index is -0.498.